The standard InChI is InChI=1S/C11H14BrFN2/c1-6(7-2-3-7)15-11-5-9(13)8(12)4-10(11)14/h4-7,15H,2-3,14H2,1H3. The molecule has 0 heterocycles. The van der Waals surface area contributed by atoms with Crippen molar-refractivity contribution in [3.8, 4) is 0 Å². The van der Waals surface area contributed by atoms with E-state index in [2.05, 4.69) is 28.2 Å². The molecule has 0 bridgehead atoms. The summed E-state index contributed by atoms with van der Waals surface area (Å²) in [6, 6.07) is 3.41. The number of anilines is 2. The van der Waals surface area contributed by atoms with Gasteiger partial charge in [-0.3, -0.25) is 0 Å². The number of nitrogens with two attached hydrogens (primary N) is 1. The zero-order valence-corrected chi connectivity index (χ0v) is 10.1. The Bertz CT molecular complexity index is 377. The molecule has 0 spiro atoms. The van der Waals surface area contributed by atoms with Gasteiger partial charge in [-0.25, -0.2) is 4.39 Å². The molecular formula is C11H14BrFN2. The Morgan fingerprint density at radius 2 is 2.20 bits per heavy atom. The van der Waals surface area contributed by atoms with Crippen LogP contribution < -0.4 is 11.1 Å². The molecule has 0 aromatic heterocycles. The summed E-state index contributed by atoms with van der Waals surface area (Å²) in [5.41, 5.74) is 7.07. The smallest absolute Gasteiger partial charge is 0.139 e. The third kappa shape index (κ3) is 2.43. The average Bonchev–Trinajstić information content (AvgIpc) is 2.97. The van der Waals surface area contributed by atoms with Gasteiger partial charge in [-0.2, -0.15) is 0 Å². The first-order chi connectivity index (χ1) is 7.08. The zero-order chi connectivity index (χ0) is 11.0. The number of hydrogen-bond donors (Lipinski definition) is 2. The Morgan fingerprint density at radius 1 is 1.53 bits per heavy atom. The van der Waals surface area contributed by atoms with Crippen LogP contribution in [0.25, 0.3) is 0 Å². The molecule has 0 aliphatic heterocycles. The highest BCUT2D eigenvalue weighted by atomic mass is 79.9. The van der Waals surface area contributed by atoms with E-state index in [1.165, 1.54) is 18.9 Å². The van der Waals surface area contributed by atoms with Gasteiger partial charge in [0, 0.05) is 12.1 Å². The molecule has 1 saturated carbocycles. The minimum Gasteiger partial charge on any atom is -0.397 e. The maximum atomic E-state index is 13.3. The first-order valence-corrected chi connectivity index (χ1v) is 5.88. The van der Waals surface area contributed by atoms with E-state index < -0.39 is 0 Å². The zero-order valence-electron chi connectivity index (χ0n) is 8.56. The van der Waals surface area contributed by atoms with Crippen LogP contribution in [0.4, 0.5) is 15.8 Å². The van der Waals surface area contributed by atoms with Crippen molar-refractivity contribution in [1.29, 1.82) is 0 Å². The Balaban J connectivity index is 2.16. The van der Waals surface area contributed by atoms with E-state index in [0.717, 1.165) is 5.92 Å². The molecule has 2 rings (SSSR count). The fourth-order valence-electron chi connectivity index (χ4n) is 1.65. The van der Waals surface area contributed by atoms with E-state index in [1.54, 1.807) is 6.07 Å². The van der Waals surface area contributed by atoms with Crippen LogP contribution in [0.1, 0.15) is 19.8 Å². The third-order valence-corrected chi connectivity index (χ3v) is 3.41. The number of nitrogens with one attached hydrogen (secondary N) is 1. The lowest BCUT2D eigenvalue weighted by molar-refractivity contribution is 0.620. The normalized spacial score (nSPS) is 17.5. The van der Waals surface area contributed by atoms with Gasteiger partial charge in [0.25, 0.3) is 0 Å². The molecule has 0 amide bonds. The fraction of sp³-hybridized carbons (Fsp3) is 0.455. The van der Waals surface area contributed by atoms with Gasteiger partial charge < -0.3 is 11.1 Å². The highest BCUT2D eigenvalue weighted by molar-refractivity contribution is 9.10. The number of halogens is 2. The lowest BCUT2D eigenvalue weighted by atomic mass is 10.2. The molecular weight excluding hydrogens is 259 g/mol. The van der Waals surface area contributed by atoms with Crippen molar-refractivity contribution in [2.45, 2.75) is 25.8 Å². The van der Waals surface area contributed by atoms with Crippen molar-refractivity contribution in [3.05, 3.63) is 22.4 Å². The molecule has 15 heavy (non-hydrogen) atoms. The highest BCUT2D eigenvalue weighted by Gasteiger charge is 2.28. The quantitative estimate of drug-likeness (QED) is 0.828. The van der Waals surface area contributed by atoms with Crippen molar-refractivity contribution in [2.75, 3.05) is 11.1 Å². The van der Waals surface area contributed by atoms with E-state index in [0.29, 0.717) is 21.9 Å². The van der Waals surface area contributed by atoms with Crippen molar-refractivity contribution in [2.24, 2.45) is 5.92 Å². The van der Waals surface area contributed by atoms with E-state index in [-0.39, 0.29) is 5.82 Å². The maximum Gasteiger partial charge on any atom is 0.139 e. The molecule has 1 atom stereocenters. The predicted octanol–water partition coefficient (Wildman–Crippen LogP) is 3.38. The SMILES string of the molecule is CC(Nc1cc(F)c(Br)cc1N)C1CC1. The van der Waals surface area contributed by atoms with Crippen LogP contribution in [0.3, 0.4) is 0 Å². The highest BCUT2D eigenvalue weighted by Crippen LogP contribution is 2.35. The van der Waals surface area contributed by atoms with Crippen LogP contribution in [-0.2, 0) is 0 Å². The van der Waals surface area contributed by atoms with Gasteiger partial charge >= 0.3 is 0 Å². The number of nitrogen functional groups attached to an aromatic ring is 1. The minimum absolute atomic E-state index is 0.283. The molecule has 82 valence electrons. The van der Waals surface area contributed by atoms with Crippen LogP contribution in [0, 0.1) is 11.7 Å². The molecule has 1 aromatic carbocycles. The molecule has 1 aromatic rings. The summed E-state index contributed by atoms with van der Waals surface area (Å²) >= 11 is 3.10. The van der Waals surface area contributed by atoms with Gasteiger partial charge in [0.15, 0.2) is 0 Å². The second-order valence-electron chi connectivity index (χ2n) is 4.12. The van der Waals surface area contributed by atoms with Crippen molar-refractivity contribution < 1.29 is 4.39 Å². The first-order valence-electron chi connectivity index (χ1n) is 5.09. The topological polar surface area (TPSA) is 38.0 Å². The van der Waals surface area contributed by atoms with Crippen LogP contribution >= 0.6 is 15.9 Å². The Hall–Kier alpha value is -0.770. The summed E-state index contributed by atoms with van der Waals surface area (Å²) in [4.78, 5) is 0. The van der Waals surface area contributed by atoms with Crippen molar-refractivity contribution in [1.82, 2.24) is 0 Å². The first kappa shape index (κ1) is 10.7. The monoisotopic (exact) mass is 272 g/mol. The van der Waals surface area contributed by atoms with Gasteiger partial charge in [-0.15, -0.1) is 0 Å². The van der Waals surface area contributed by atoms with Crippen LogP contribution in [-0.4, -0.2) is 6.04 Å². The number of benzene rings is 1. The molecule has 0 radical (unpaired) electrons. The Kier molecular flexibility index (Phi) is 2.87. The second-order valence-corrected chi connectivity index (χ2v) is 4.98. The Labute approximate surface area is 97.2 Å². The molecule has 2 nitrogen and oxygen atoms in total. The van der Waals surface area contributed by atoms with Crippen LogP contribution in [0.5, 0.6) is 0 Å². The van der Waals surface area contributed by atoms with E-state index >= 15 is 0 Å². The van der Waals surface area contributed by atoms with Crippen LogP contribution in [0.15, 0.2) is 16.6 Å². The van der Waals surface area contributed by atoms with Crippen molar-refractivity contribution in [3.63, 3.8) is 0 Å². The predicted molar refractivity (Wildman–Crippen MR) is 64.3 cm³/mol. The van der Waals surface area contributed by atoms with E-state index in [1.807, 2.05) is 0 Å². The molecule has 1 aliphatic rings. The van der Waals surface area contributed by atoms with Gasteiger partial charge in [0.2, 0.25) is 0 Å². The maximum absolute atomic E-state index is 13.3. The fourth-order valence-corrected chi connectivity index (χ4v) is 2.01. The average molecular weight is 273 g/mol. The van der Waals surface area contributed by atoms with Gasteiger partial charge in [0.05, 0.1) is 15.8 Å². The summed E-state index contributed by atoms with van der Waals surface area (Å²) in [6.07, 6.45) is 2.51. The summed E-state index contributed by atoms with van der Waals surface area (Å²) in [5, 5.41) is 3.25. The summed E-state index contributed by atoms with van der Waals surface area (Å²) < 4.78 is 13.7. The lowest BCUT2D eigenvalue weighted by Crippen LogP contribution is -2.18. The van der Waals surface area contributed by atoms with Gasteiger partial charge in [0.1, 0.15) is 5.82 Å². The second kappa shape index (κ2) is 4.00. The number of rotatable bonds is 3. The minimum atomic E-state index is -0.283. The molecule has 3 N–H and O–H groups in total. The third-order valence-electron chi connectivity index (χ3n) is 2.80. The Morgan fingerprint density at radius 3 is 2.80 bits per heavy atom. The van der Waals surface area contributed by atoms with Crippen LogP contribution in [0.2, 0.25) is 0 Å². The molecule has 0 saturated heterocycles. The van der Waals surface area contributed by atoms with Crippen molar-refractivity contribution >= 4 is 27.3 Å². The lowest BCUT2D eigenvalue weighted by Gasteiger charge is -2.16. The largest absolute Gasteiger partial charge is 0.397 e. The van der Waals surface area contributed by atoms with E-state index in [9.17, 15) is 4.39 Å². The van der Waals surface area contributed by atoms with Gasteiger partial charge in [-0.1, -0.05) is 0 Å². The molecule has 1 fully saturated rings. The van der Waals surface area contributed by atoms with E-state index in [4.69, 9.17) is 5.73 Å². The number of hydrogen-bond acceptors (Lipinski definition) is 2. The summed E-state index contributed by atoms with van der Waals surface area (Å²) in [5.74, 6) is 0.436. The van der Waals surface area contributed by atoms with Gasteiger partial charge in [-0.05, 0) is 47.7 Å². The summed E-state index contributed by atoms with van der Waals surface area (Å²) in [7, 11) is 0. The summed E-state index contributed by atoms with van der Waals surface area (Å²) in [6.45, 7) is 2.11. The molecule has 1 unspecified atom stereocenters. The molecule has 4 heteroatoms. The molecule has 1 aliphatic carbocycles.